The van der Waals surface area contributed by atoms with Gasteiger partial charge in [-0.3, -0.25) is 0 Å². The fraction of sp³-hybridized carbons (Fsp3) is 0.231. The van der Waals surface area contributed by atoms with Crippen molar-refractivity contribution in [2.24, 2.45) is 0 Å². The Balaban J connectivity index is 2.35. The molecule has 4 nitrogen and oxygen atoms in total. The maximum Gasteiger partial charge on any atom is 0.387 e. The normalized spacial score (nSPS) is 12.5. The molecule has 0 fully saturated rings. The number of alkyl halides is 2. The number of aliphatic hydroxyl groups is 1. The van der Waals surface area contributed by atoms with Gasteiger partial charge in [-0.2, -0.15) is 8.78 Å². The summed E-state index contributed by atoms with van der Waals surface area (Å²) in [4.78, 5) is 0. The first-order valence-corrected chi connectivity index (χ1v) is 6.36. The standard InChI is InChI=1S/C13H11BrF2O4/c1-18-9-3-2-7(6-10(9)20-13(15)16)11(17)12-8(14)4-5-19-12/h2-6,11,13,17H,1H3. The molecular formula is C13H11BrF2O4. The van der Waals surface area contributed by atoms with E-state index in [-0.39, 0.29) is 17.3 Å². The van der Waals surface area contributed by atoms with E-state index in [1.54, 1.807) is 6.07 Å². The van der Waals surface area contributed by atoms with Gasteiger partial charge in [-0.15, -0.1) is 0 Å². The average Bonchev–Trinajstić information content (AvgIpc) is 2.83. The van der Waals surface area contributed by atoms with Crippen LogP contribution in [0.4, 0.5) is 8.78 Å². The summed E-state index contributed by atoms with van der Waals surface area (Å²) in [5.41, 5.74) is 0.345. The van der Waals surface area contributed by atoms with Gasteiger partial charge in [-0.25, -0.2) is 0 Å². The minimum atomic E-state index is -2.98. The highest BCUT2D eigenvalue weighted by atomic mass is 79.9. The van der Waals surface area contributed by atoms with Crippen molar-refractivity contribution in [3.8, 4) is 11.5 Å². The van der Waals surface area contributed by atoms with Crippen molar-refractivity contribution in [3.05, 3.63) is 46.3 Å². The number of aliphatic hydroxyl groups excluding tert-OH is 1. The Morgan fingerprint density at radius 3 is 2.55 bits per heavy atom. The number of ether oxygens (including phenoxy) is 2. The molecule has 0 amide bonds. The van der Waals surface area contributed by atoms with Gasteiger partial charge in [0.15, 0.2) is 17.3 Å². The largest absolute Gasteiger partial charge is 0.493 e. The van der Waals surface area contributed by atoms with Crippen LogP contribution >= 0.6 is 15.9 Å². The van der Waals surface area contributed by atoms with Crippen molar-refractivity contribution < 1.29 is 27.8 Å². The fourth-order valence-electron chi connectivity index (χ4n) is 1.70. The molecule has 0 aliphatic carbocycles. The molecule has 0 aliphatic heterocycles. The Hall–Kier alpha value is -1.60. The van der Waals surface area contributed by atoms with E-state index in [0.29, 0.717) is 10.0 Å². The lowest BCUT2D eigenvalue weighted by atomic mass is 10.1. The highest BCUT2D eigenvalue weighted by Crippen LogP contribution is 2.35. The van der Waals surface area contributed by atoms with Crippen LogP contribution in [-0.4, -0.2) is 18.8 Å². The molecule has 0 saturated heterocycles. The Bertz CT molecular complexity index is 586. The van der Waals surface area contributed by atoms with Gasteiger partial charge < -0.3 is 19.0 Å². The summed E-state index contributed by atoms with van der Waals surface area (Å²) in [5.74, 6) is 0.277. The van der Waals surface area contributed by atoms with Gasteiger partial charge in [0.1, 0.15) is 6.10 Å². The second kappa shape index (κ2) is 6.23. The summed E-state index contributed by atoms with van der Waals surface area (Å²) < 4.78 is 39.7. The van der Waals surface area contributed by atoms with Crippen LogP contribution in [0.3, 0.4) is 0 Å². The van der Waals surface area contributed by atoms with Crippen LogP contribution in [0.1, 0.15) is 17.4 Å². The highest BCUT2D eigenvalue weighted by Gasteiger charge is 2.20. The van der Waals surface area contributed by atoms with Crippen molar-refractivity contribution >= 4 is 15.9 Å². The van der Waals surface area contributed by atoms with Crippen LogP contribution < -0.4 is 9.47 Å². The van der Waals surface area contributed by atoms with Crippen LogP contribution in [-0.2, 0) is 0 Å². The molecule has 1 atom stereocenters. The maximum atomic E-state index is 12.3. The summed E-state index contributed by atoms with van der Waals surface area (Å²) in [7, 11) is 1.34. The van der Waals surface area contributed by atoms with Crippen LogP contribution in [0, 0.1) is 0 Å². The molecule has 0 spiro atoms. The number of furan rings is 1. The molecular weight excluding hydrogens is 338 g/mol. The van der Waals surface area contributed by atoms with E-state index in [1.807, 2.05) is 0 Å². The second-order valence-electron chi connectivity index (χ2n) is 3.82. The van der Waals surface area contributed by atoms with Crippen molar-refractivity contribution in [3.63, 3.8) is 0 Å². The number of rotatable bonds is 5. The number of methoxy groups -OCH3 is 1. The van der Waals surface area contributed by atoms with Crippen molar-refractivity contribution in [1.82, 2.24) is 0 Å². The first-order valence-electron chi connectivity index (χ1n) is 5.56. The number of hydrogen-bond acceptors (Lipinski definition) is 4. The second-order valence-corrected chi connectivity index (χ2v) is 4.68. The molecule has 0 bridgehead atoms. The van der Waals surface area contributed by atoms with Gasteiger partial charge in [0.25, 0.3) is 0 Å². The Morgan fingerprint density at radius 2 is 2.00 bits per heavy atom. The third kappa shape index (κ3) is 3.10. The summed E-state index contributed by atoms with van der Waals surface area (Å²) in [6.07, 6.45) is 0.299. The van der Waals surface area contributed by atoms with Gasteiger partial charge >= 0.3 is 6.61 Å². The van der Waals surface area contributed by atoms with Gasteiger partial charge in [-0.05, 0) is 39.7 Å². The minimum Gasteiger partial charge on any atom is -0.493 e. The van der Waals surface area contributed by atoms with Crippen molar-refractivity contribution in [1.29, 1.82) is 0 Å². The molecule has 0 radical (unpaired) electrons. The van der Waals surface area contributed by atoms with E-state index in [1.165, 1.54) is 31.6 Å². The first kappa shape index (κ1) is 14.8. The third-order valence-corrected chi connectivity index (χ3v) is 3.27. The molecule has 1 aromatic carbocycles. The zero-order chi connectivity index (χ0) is 14.7. The van der Waals surface area contributed by atoms with E-state index in [2.05, 4.69) is 20.7 Å². The zero-order valence-electron chi connectivity index (χ0n) is 10.3. The van der Waals surface area contributed by atoms with Crippen LogP contribution in [0.5, 0.6) is 11.5 Å². The number of benzene rings is 1. The smallest absolute Gasteiger partial charge is 0.387 e. The average molecular weight is 349 g/mol. The van der Waals surface area contributed by atoms with Crippen LogP contribution in [0.2, 0.25) is 0 Å². The Morgan fingerprint density at radius 1 is 1.25 bits per heavy atom. The Kier molecular flexibility index (Phi) is 4.61. The molecule has 20 heavy (non-hydrogen) atoms. The molecule has 7 heteroatoms. The van der Waals surface area contributed by atoms with Gasteiger partial charge in [0.2, 0.25) is 0 Å². The van der Waals surface area contributed by atoms with E-state index in [9.17, 15) is 13.9 Å². The lowest BCUT2D eigenvalue weighted by molar-refractivity contribution is -0.0513. The van der Waals surface area contributed by atoms with E-state index in [0.717, 1.165) is 0 Å². The quantitative estimate of drug-likeness (QED) is 0.894. The van der Waals surface area contributed by atoms with E-state index in [4.69, 9.17) is 9.15 Å². The summed E-state index contributed by atoms with van der Waals surface area (Å²) >= 11 is 3.22. The molecule has 2 rings (SSSR count). The predicted octanol–water partition coefficient (Wildman–Crippen LogP) is 3.73. The first-order chi connectivity index (χ1) is 9.52. The van der Waals surface area contributed by atoms with Gasteiger partial charge in [0, 0.05) is 0 Å². The van der Waals surface area contributed by atoms with Crippen molar-refractivity contribution in [2.45, 2.75) is 12.7 Å². The number of halogens is 3. The molecule has 0 aliphatic rings. The minimum absolute atomic E-state index is 0.151. The Labute approximate surface area is 122 Å². The molecule has 0 saturated carbocycles. The lowest BCUT2D eigenvalue weighted by Gasteiger charge is -2.14. The van der Waals surface area contributed by atoms with Gasteiger partial charge in [0.05, 0.1) is 17.8 Å². The van der Waals surface area contributed by atoms with Gasteiger partial charge in [-0.1, -0.05) is 6.07 Å². The molecule has 1 heterocycles. The fourth-order valence-corrected chi connectivity index (χ4v) is 2.12. The van der Waals surface area contributed by atoms with E-state index < -0.39 is 12.7 Å². The molecule has 1 N–H and O–H groups in total. The molecule has 108 valence electrons. The van der Waals surface area contributed by atoms with E-state index >= 15 is 0 Å². The van der Waals surface area contributed by atoms with Crippen LogP contribution in [0.15, 0.2) is 39.4 Å². The summed E-state index contributed by atoms with van der Waals surface area (Å²) in [6, 6.07) is 5.88. The zero-order valence-corrected chi connectivity index (χ0v) is 11.9. The topological polar surface area (TPSA) is 51.8 Å². The maximum absolute atomic E-state index is 12.3. The molecule has 1 unspecified atom stereocenters. The molecule has 2 aromatic rings. The molecule has 1 aromatic heterocycles. The highest BCUT2D eigenvalue weighted by molar-refractivity contribution is 9.10. The SMILES string of the molecule is COc1ccc(C(O)c2occc2Br)cc1OC(F)F. The predicted molar refractivity (Wildman–Crippen MR) is 70.1 cm³/mol. The number of hydrogen-bond donors (Lipinski definition) is 1. The summed E-state index contributed by atoms with van der Waals surface area (Å²) in [5, 5.41) is 10.2. The monoisotopic (exact) mass is 348 g/mol. The third-order valence-electron chi connectivity index (χ3n) is 2.61. The summed E-state index contributed by atoms with van der Waals surface area (Å²) in [6.45, 7) is -2.98. The van der Waals surface area contributed by atoms with Crippen molar-refractivity contribution in [2.75, 3.05) is 7.11 Å². The van der Waals surface area contributed by atoms with Crippen LogP contribution in [0.25, 0.3) is 0 Å². The lowest BCUT2D eigenvalue weighted by Crippen LogP contribution is -2.05.